The minimum absolute atomic E-state index is 0.0208. The first-order chi connectivity index (χ1) is 11.0. The molecule has 0 aromatic carbocycles. The highest BCUT2D eigenvalue weighted by Gasteiger charge is 2.39. The molecule has 2 aliphatic rings. The number of amides is 3. The maximum absolute atomic E-state index is 11.0. The minimum Gasteiger partial charge on any atom is -0.451 e. The molecule has 0 aromatic heterocycles. The molecule has 2 aliphatic carbocycles. The molecular weight excluding hydrogens is 296 g/mol. The van der Waals surface area contributed by atoms with Crippen molar-refractivity contribution in [2.75, 3.05) is 27.2 Å². The highest BCUT2D eigenvalue weighted by molar-refractivity contribution is 5.78. The summed E-state index contributed by atoms with van der Waals surface area (Å²) in [6.07, 6.45) is 6.19. The molecule has 3 atom stereocenters. The monoisotopic (exact) mass is 326 g/mol. The summed E-state index contributed by atoms with van der Waals surface area (Å²) in [4.78, 5) is 26.9. The summed E-state index contributed by atoms with van der Waals surface area (Å²) in [5.41, 5.74) is 0. The molecule has 7 heteroatoms. The zero-order valence-corrected chi connectivity index (χ0v) is 14.7. The Labute approximate surface area is 138 Å². The van der Waals surface area contributed by atoms with Gasteiger partial charge < -0.3 is 20.3 Å². The van der Waals surface area contributed by atoms with Gasteiger partial charge in [0.05, 0.1) is 13.4 Å². The number of rotatable bonds is 4. The van der Waals surface area contributed by atoms with Crippen molar-refractivity contribution in [2.24, 2.45) is 16.8 Å². The van der Waals surface area contributed by atoms with Crippen LogP contribution in [-0.4, -0.2) is 56.7 Å². The first-order valence-corrected chi connectivity index (χ1v) is 8.38. The molecule has 3 unspecified atom stereocenters. The van der Waals surface area contributed by atoms with Gasteiger partial charge in [0.25, 0.3) is 0 Å². The van der Waals surface area contributed by atoms with Gasteiger partial charge in [-0.05, 0) is 44.9 Å². The van der Waals surface area contributed by atoms with Crippen LogP contribution in [0.1, 0.15) is 39.5 Å². The Hall–Kier alpha value is -1.79. The third-order valence-electron chi connectivity index (χ3n) is 4.60. The highest BCUT2D eigenvalue weighted by atomic mass is 16.5. The Kier molecular flexibility index (Phi) is 8.43. The normalized spacial score (nSPS) is 24.8. The Balaban J connectivity index is 0.000000232. The van der Waals surface area contributed by atoms with Crippen molar-refractivity contribution < 1.29 is 14.3 Å². The number of nitrogens with zero attached hydrogens (tertiary/aromatic N) is 2. The first-order valence-electron chi connectivity index (χ1n) is 8.38. The van der Waals surface area contributed by atoms with E-state index in [0.717, 1.165) is 24.9 Å². The minimum atomic E-state index is -0.558. The molecule has 2 fully saturated rings. The smallest absolute Gasteiger partial charge is 0.434 e. The molecule has 2 saturated carbocycles. The Morgan fingerprint density at radius 2 is 1.96 bits per heavy atom. The van der Waals surface area contributed by atoms with E-state index in [1.54, 1.807) is 7.05 Å². The van der Waals surface area contributed by atoms with Crippen LogP contribution in [0.3, 0.4) is 0 Å². The second kappa shape index (κ2) is 10.1. The average Bonchev–Trinajstić information content (AvgIpc) is 3.18. The Bertz CT molecular complexity index is 410. The number of aliphatic imine (C=N–C) groups is 1. The highest BCUT2D eigenvalue weighted by Crippen LogP contribution is 2.44. The van der Waals surface area contributed by atoms with Gasteiger partial charge in [-0.25, -0.2) is 9.59 Å². The number of urea groups is 1. The van der Waals surface area contributed by atoms with Crippen molar-refractivity contribution in [1.82, 2.24) is 15.5 Å². The summed E-state index contributed by atoms with van der Waals surface area (Å²) in [5.74, 6) is 1.67. The van der Waals surface area contributed by atoms with Crippen LogP contribution < -0.4 is 10.6 Å². The number of hydrogen-bond acceptors (Lipinski definition) is 3. The number of carbonyl (C=O) groups is 2. The summed E-state index contributed by atoms with van der Waals surface area (Å²) < 4.78 is 4.33. The van der Waals surface area contributed by atoms with Gasteiger partial charge in [-0.15, -0.1) is 0 Å². The molecule has 2 bridgehead atoms. The predicted octanol–water partition coefficient (Wildman–Crippen LogP) is 2.23. The van der Waals surface area contributed by atoms with E-state index in [2.05, 4.69) is 20.4 Å². The number of carbonyl (C=O) groups excluding carboxylic acids is 2. The zero-order valence-electron chi connectivity index (χ0n) is 14.7. The lowest BCUT2D eigenvalue weighted by molar-refractivity contribution is 0.182. The molecule has 23 heavy (non-hydrogen) atoms. The first kappa shape index (κ1) is 19.3. The van der Waals surface area contributed by atoms with Crippen LogP contribution in [-0.2, 0) is 4.74 Å². The van der Waals surface area contributed by atoms with Crippen LogP contribution in [0.4, 0.5) is 9.59 Å². The third kappa shape index (κ3) is 6.46. The molecule has 0 radical (unpaired) electrons. The number of nitrogens with one attached hydrogen (secondary N) is 2. The zero-order chi connectivity index (χ0) is 17.2. The third-order valence-corrected chi connectivity index (χ3v) is 4.60. The van der Waals surface area contributed by atoms with Crippen LogP contribution in [0.15, 0.2) is 4.99 Å². The van der Waals surface area contributed by atoms with Gasteiger partial charge in [0.1, 0.15) is 0 Å². The number of ether oxygens (including phenoxy) is 1. The van der Waals surface area contributed by atoms with Crippen molar-refractivity contribution in [3.63, 3.8) is 0 Å². The predicted molar refractivity (Wildman–Crippen MR) is 90.6 cm³/mol. The van der Waals surface area contributed by atoms with Gasteiger partial charge in [0, 0.05) is 26.2 Å². The SMILES string of the molecule is CCN(C=NC(=O)OC)CC.CNC(=O)NC1CC2CCC1C2. The van der Waals surface area contributed by atoms with Crippen molar-refractivity contribution in [3.05, 3.63) is 0 Å². The van der Waals surface area contributed by atoms with Gasteiger partial charge in [-0.3, -0.25) is 0 Å². The topological polar surface area (TPSA) is 83.0 Å². The van der Waals surface area contributed by atoms with E-state index in [1.807, 2.05) is 18.7 Å². The lowest BCUT2D eigenvalue weighted by atomic mass is 9.95. The number of methoxy groups -OCH3 is 1. The van der Waals surface area contributed by atoms with Crippen molar-refractivity contribution in [3.8, 4) is 0 Å². The van der Waals surface area contributed by atoms with Gasteiger partial charge in [0.15, 0.2) is 0 Å². The molecular formula is C16H30N4O3. The van der Waals surface area contributed by atoms with E-state index in [-0.39, 0.29) is 6.03 Å². The molecule has 2 N–H and O–H groups in total. The fourth-order valence-electron chi connectivity index (χ4n) is 3.23. The summed E-state index contributed by atoms with van der Waals surface area (Å²) in [6.45, 7) is 5.67. The van der Waals surface area contributed by atoms with Crippen LogP contribution >= 0.6 is 0 Å². The average molecular weight is 326 g/mol. The molecule has 132 valence electrons. The molecule has 0 saturated heterocycles. The standard InChI is InChI=1S/C9H16N2O.C7H14N2O2/c1-10-9(12)11-8-5-6-2-3-7(8)4-6;1-4-9(5-2)6-8-7(10)11-3/h6-8H,2-5H2,1H3,(H2,10,11,12);6H,4-5H2,1-3H3. The van der Waals surface area contributed by atoms with Crippen molar-refractivity contribution in [2.45, 2.75) is 45.6 Å². The molecule has 0 aromatic rings. The lowest BCUT2D eigenvalue weighted by Gasteiger charge is -2.22. The van der Waals surface area contributed by atoms with Crippen LogP contribution in [0.25, 0.3) is 0 Å². The van der Waals surface area contributed by atoms with Crippen LogP contribution in [0, 0.1) is 11.8 Å². The van der Waals surface area contributed by atoms with Crippen LogP contribution in [0.5, 0.6) is 0 Å². The van der Waals surface area contributed by atoms with E-state index >= 15 is 0 Å². The second-order valence-corrected chi connectivity index (χ2v) is 5.94. The van der Waals surface area contributed by atoms with Gasteiger partial charge >= 0.3 is 12.1 Å². The fraction of sp³-hybridized carbons (Fsp3) is 0.812. The molecule has 0 heterocycles. The van der Waals surface area contributed by atoms with Crippen LogP contribution in [0.2, 0.25) is 0 Å². The van der Waals surface area contributed by atoms with Crippen molar-refractivity contribution >= 4 is 18.5 Å². The summed E-state index contributed by atoms with van der Waals surface area (Å²) >= 11 is 0. The van der Waals surface area contributed by atoms with Crippen molar-refractivity contribution in [1.29, 1.82) is 0 Å². The molecule has 7 nitrogen and oxygen atoms in total. The van der Waals surface area contributed by atoms with E-state index < -0.39 is 6.09 Å². The van der Waals surface area contributed by atoms with E-state index in [9.17, 15) is 9.59 Å². The Morgan fingerprint density at radius 1 is 1.26 bits per heavy atom. The summed E-state index contributed by atoms with van der Waals surface area (Å²) in [7, 11) is 2.98. The quantitative estimate of drug-likeness (QED) is 0.613. The number of hydrogen-bond donors (Lipinski definition) is 2. The largest absolute Gasteiger partial charge is 0.451 e. The van der Waals surface area contributed by atoms with E-state index in [4.69, 9.17) is 0 Å². The lowest BCUT2D eigenvalue weighted by Crippen LogP contribution is -2.43. The molecule has 2 rings (SSSR count). The van der Waals surface area contributed by atoms with Gasteiger partial charge in [0.2, 0.25) is 0 Å². The molecule has 0 aliphatic heterocycles. The maximum atomic E-state index is 11.0. The van der Waals surface area contributed by atoms with E-state index in [1.165, 1.54) is 39.1 Å². The van der Waals surface area contributed by atoms with E-state index in [0.29, 0.717) is 6.04 Å². The van der Waals surface area contributed by atoms with Gasteiger partial charge in [-0.2, -0.15) is 4.99 Å². The van der Waals surface area contributed by atoms with Gasteiger partial charge in [-0.1, -0.05) is 6.42 Å². The molecule has 3 amide bonds. The second-order valence-electron chi connectivity index (χ2n) is 5.94. The number of fused-ring (bicyclic) bond motifs is 2. The maximum Gasteiger partial charge on any atom is 0.434 e. The summed E-state index contributed by atoms with van der Waals surface area (Å²) in [5, 5.41) is 5.61. The Morgan fingerprint density at radius 3 is 2.39 bits per heavy atom. The summed E-state index contributed by atoms with van der Waals surface area (Å²) in [6, 6.07) is 0.441. The fourth-order valence-corrected chi connectivity index (χ4v) is 3.23. The molecule has 0 spiro atoms.